The molecule has 5 N–H and O–H groups in total. The van der Waals surface area contributed by atoms with E-state index in [2.05, 4.69) is 16.0 Å². The summed E-state index contributed by atoms with van der Waals surface area (Å²) < 4.78 is 5.26. The Labute approximate surface area is 197 Å². The van der Waals surface area contributed by atoms with Gasteiger partial charge in [0.05, 0.1) is 18.8 Å². The Bertz CT molecular complexity index is 672. The summed E-state index contributed by atoms with van der Waals surface area (Å²) in [6.45, 7) is 8.58. The van der Waals surface area contributed by atoms with Crippen LogP contribution in [-0.4, -0.2) is 64.6 Å². The predicted molar refractivity (Wildman–Crippen MR) is 124 cm³/mol. The standard InChI is InChI=1S/C24H43N3O6/c1-14(2)11-18(27-23(32)33-24(3,4)5)22(31)26-19(13-28)20(29)16-12-17(16)21(30)25-15-9-7-6-8-10-15/h14-20,28-29H,6-13H2,1-5H3,(H,25,30)(H,26,31)(H,27,32)/t16-,17+,18+,19+,20-/m1/s1. The number of nitrogens with one attached hydrogen (secondary N) is 3. The molecular formula is C24H43N3O6. The number of alkyl carbamates (subject to hydrolysis) is 1. The number of rotatable bonds is 10. The van der Waals surface area contributed by atoms with Gasteiger partial charge in [0.2, 0.25) is 11.8 Å². The Morgan fingerprint density at radius 2 is 1.70 bits per heavy atom. The summed E-state index contributed by atoms with van der Waals surface area (Å²) in [4.78, 5) is 37.6. The number of amides is 3. The maximum absolute atomic E-state index is 12.9. The van der Waals surface area contributed by atoms with Gasteiger partial charge in [-0.15, -0.1) is 0 Å². The number of carbonyl (C=O) groups excluding carboxylic acids is 3. The zero-order valence-electron chi connectivity index (χ0n) is 20.7. The second-order valence-electron chi connectivity index (χ2n) is 11.0. The van der Waals surface area contributed by atoms with Crippen LogP contribution in [-0.2, 0) is 14.3 Å². The van der Waals surface area contributed by atoms with Crippen molar-refractivity contribution in [3.63, 3.8) is 0 Å². The van der Waals surface area contributed by atoms with E-state index in [1.165, 1.54) is 6.42 Å². The molecule has 2 aliphatic rings. The third-order valence-corrected chi connectivity index (χ3v) is 6.22. The summed E-state index contributed by atoms with van der Waals surface area (Å²) in [7, 11) is 0. The van der Waals surface area contributed by atoms with Crippen LogP contribution in [0.15, 0.2) is 0 Å². The average molecular weight is 470 g/mol. The molecule has 2 rings (SSSR count). The number of aliphatic hydroxyl groups excluding tert-OH is 2. The van der Waals surface area contributed by atoms with Crippen LogP contribution in [0.5, 0.6) is 0 Å². The first-order chi connectivity index (χ1) is 15.4. The van der Waals surface area contributed by atoms with Crippen LogP contribution in [0, 0.1) is 17.8 Å². The zero-order chi connectivity index (χ0) is 24.8. The molecule has 33 heavy (non-hydrogen) atoms. The van der Waals surface area contributed by atoms with Gasteiger partial charge >= 0.3 is 6.09 Å². The first kappa shape index (κ1) is 27.4. The van der Waals surface area contributed by atoms with Crippen LogP contribution in [0.4, 0.5) is 4.79 Å². The van der Waals surface area contributed by atoms with Gasteiger partial charge in [0.25, 0.3) is 0 Å². The Morgan fingerprint density at radius 1 is 1.06 bits per heavy atom. The van der Waals surface area contributed by atoms with Crippen molar-refractivity contribution in [3.8, 4) is 0 Å². The first-order valence-corrected chi connectivity index (χ1v) is 12.3. The first-order valence-electron chi connectivity index (χ1n) is 12.3. The SMILES string of the molecule is CC(C)C[C@H](NC(=O)OC(C)(C)C)C(=O)N[C@@H](CO)[C@H](O)[C@@H]1C[C@@H]1C(=O)NC1CCCCC1. The summed E-state index contributed by atoms with van der Waals surface area (Å²) in [5.41, 5.74) is -0.702. The highest BCUT2D eigenvalue weighted by Gasteiger charge is 2.50. The highest BCUT2D eigenvalue weighted by atomic mass is 16.6. The third-order valence-electron chi connectivity index (χ3n) is 6.22. The van der Waals surface area contributed by atoms with Crippen molar-refractivity contribution in [1.29, 1.82) is 0 Å². The molecule has 9 nitrogen and oxygen atoms in total. The van der Waals surface area contributed by atoms with E-state index in [9.17, 15) is 24.6 Å². The monoisotopic (exact) mass is 469 g/mol. The lowest BCUT2D eigenvalue weighted by Gasteiger charge is -2.28. The van der Waals surface area contributed by atoms with Crippen LogP contribution in [0.2, 0.25) is 0 Å². The highest BCUT2D eigenvalue weighted by Crippen LogP contribution is 2.42. The Morgan fingerprint density at radius 3 is 2.24 bits per heavy atom. The van der Waals surface area contributed by atoms with Gasteiger partial charge < -0.3 is 30.9 Å². The fraction of sp³-hybridized carbons (Fsp3) is 0.875. The predicted octanol–water partition coefficient (Wildman–Crippen LogP) is 1.85. The smallest absolute Gasteiger partial charge is 0.408 e. The molecule has 0 spiro atoms. The summed E-state index contributed by atoms with van der Waals surface area (Å²) in [5, 5.41) is 28.9. The van der Waals surface area contributed by atoms with E-state index in [0.29, 0.717) is 12.8 Å². The van der Waals surface area contributed by atoms with Crippen molar-refractivity contribution in [2.24, 2.45) is 17.8 Å². The molecule has 5 atom stereocenters. The molecule has 2 fully saturated rings. The Hall–Kier alpha value is -1.87. The molecule has 0 aromatic rings. The number of hydrogen-bond acceptors (Lipinski definition) is 6. The molecule has 2 saturated carbocycles. The Balaban J connectivity index is 1.91. The fourth-order valence-corrected chi connectivity index (χ4v) is 4.42. The fourth-order valence-electron chi connectivity index (χ4n) is 4.42. The molecule has 2 aliphatic carbocycles. The van der Waals surface area contributed by atoms with Gasteiger partial charge in [-0.3, -0.25) is 9.59 Å². The van der Waals surface area contributed by atoms with E-state index in [0.717, 1.165) is 25.7 Å². The molecule has 190 valence electrons. The van der Waals surface area contributed by atoms with E-state index in [1.54, 1.807) is 20.8 Å². The van der Waals surface area contributed by atoms with Crippen LogP contribution < -0.4 is 16.0 Å². The summed E-state index contributed by atoms with van der Waals surface area (Å²) in [6, 6.07) is -1.59. The van der Waals surface area contributed by atoms with E-state index in [1.807, 2.05) is 13.8 Å². The molecule has 3 amide bonds. The average Bonchev–Trinajstić information content (AvgIpc) is 3.51. The van der Waals surface area contributed by atoms with Crippen molar-refractivity contribution in [3.05, 3.63) is 0 Å². The van der Waals surface area contributed by atoms with Gasteiger partial charge in [-0.1, -0.05) is 33.1 Å². The molecule has 0 saturated heterocycles. The van der Waals surface area contributed by atoms with Crippen LogP contribution in [0.3, 0.4) is 0 Å². The quantitative estimate of drug-likeness (QED) is 0.331. The van der Waals surface area contributed by atoms with Gasteiger partial charge in [-0.25, -0.2) is 4.79 Å². The molecule has 0 aliphatic heterocycles. The van der Waals surface area contributed by atoms with Gasteiger partial charge in [0, 0.05) is 12.0 Å². The van der Waals surface area contributed by atoms with Gasteiger partial charge in [-0.2, -0.15) is 0 Å². The van der Waals surface area contributed by atoms with Crippen LogP contribution in [0.1, 0.15) is 79.6 Å². The molecule has 0 aromatic carbocycles. The lowest BCUT2D eigenvalue weighted by Crippen LogP contribution is -2.55. The van der Waals surface area contributed by atoms with Crippen molar-refractivity contribution in [2.45, 2.75) is 109 Å². The second kappa shape index (κ2) is 12.0. The van der Waals surface area contributed by atoms with Crippen LogP contribution >= 0.6 is 0 Å². The van der Waals surface area contributed by atoms with Crippen molar-refractivity contribution >= 4 is 17.9 Å². The lowest BCUT2D eigenvalue weighted by molar-refractivity contribution is -0.126. The van der Waals surface area contributed by atoms with Crippen LogP contribution in [0.25, 0.3) is 0 Å². The molecule has 0 aromatic heterocycles. The minimum absolute atomic E-state index is 0.0572. The summed E-state index contributed by atoms with van der Waals surface area (Å²) in [6.07, 6.45) is 4.56. The van der Waals surface area contributed by atoms with Crippen molar-refractivity contribution < 1.29 is 29.3 Å². The number of ether oxygens (including phenoxy) is 1. The molecule has 0 radical (unpaired) electrons. The van der Waals surface area contributed by atoms with Gasteiger partial charge in [0.15, 0.2) is 0 Å². The molecular weight excluding hydrogens is 426 g/mol. The maximum atomic E-state index is 12.9. The lowest BCUT2D eigenvalue weighted by atomic mass is 9.95. The minimum Gasteiger partial charge on any atom is -0.444 e. The summed E-state index contributed by atoms with van der Waals surface area (Å²) >= 11 is 0. The van der Waals surface area contributed by atoms with E-state index < -0.39 is 42.4 Å². The highest BCUT2D eigenvalue weighted by molar-refractivity contribution is 5.86. The number of aliphatic hydroxyl groups is 2. The molecule has 0 unspecified atom stereocenters. The number of carbonyl (C=O) groups is 3. The molecule has 0 heterocycles. The van der Waals surface area contributed by atoms with Gasteiger partial charge in [0.1, 0.15) is 11.6 Å². The minimum atomic E-state index is -1.05. The second-order valence-corrected chi connectivity index (χ2v) is 11.0. The van der Waals surface area contributed by atoms with Gasteiger partial charge in [-0.05, 0) is 58.3 Å². The van der Waals surface area contributed by atoms with Crippen molar-refractivity contribution in [1.82, 2.24) is 16.0 Å². The molecule has 9 heteroatoms. The zero-order valence-corrected chi connectivity index (χ0v) is 20.7. The third kappa shape index (κ3) is 9.12. The topological polar surface area (TPSA) is 137 Å². The van der Waals surface area contributed by atoms with Crippen molar-refractivity contribution in [2.75, 3.05) is 6.61 Å². The van der Waals surface area contributed by atoms with E-state index in [-0.39, 0.29) is 29.7 Å². The summed E-state index contributed by atoms with van der Waals surface area (Å²) in [5.74, 6) is -1.06. The largest absolute Gasteiger partial charge is 0.444 e. The number of hydrogen-bond donors (Lipinski definition) is 5. The van der Waals surface area contributed by atoms with E-state index in [4.69, 9.17) is 4.74 Å². The maximum Gasteiger partial charge on any atom is 0.408 e. The molecule has 0 bridgehead atoms. The Kier molecular flexibility index (Phi) is 9.97. The van der Waals surface area contributed by atoms with E-state index >= 15 is 0 Å². The normalized spacial score (nSPS) is 23.9.